The van der Waals surface area contributed by atoms with Gasteiger partial charge in [0.2, 0.25) is 0 Å². The van der Waals surface area contributed by atoms with Crippen LogP contribution in [-0.4, -0.2) is 36.7 Å². The van der Waals surface area contributed by atoms with Gasteiger partial charge in [-0.25, -0.2) is 0 Å². The molecule has 0 radical (unpaired) electrons. The number of methoxy groups -OCH3 is 2. The first-order valence-electron chi connectivity index (χ1n) is 5.17. The number of alkyl halides is 3. The second-order valence-electron chi connectivity index (χ2n) is 3.78. The number of halogens is 4. The lowest BCUT2D eigenvalue weighted by Crippen LogP contribution is -2.39. The molecule has 0 saturated carbocycles. The zero-order chi connectivity index (χ0) is 14.8. The number of ether oxygens (including phenoxy) is 2. The fourth-order valence-electron chi connectivity index (χ4n) is 1.61. The molecule has 4 N–H and O–H groups in total. The molecule has 0 aliphatic heterocycles. The van der Waals surface area contributed by atoms with Crippen molar-refractivity contribution in [2.45, 2.75) is 18.3 Å². The Labute approximate surface area is 119 Å². The maximum atomic E-state index is 12.5. The van der Waals surface area contributed by atoms with Gasteiger partial charge in [0.25, 0.3) is 0 Å². The van der Waals surface area contributed by atoms with Crippen molar-refractivity contribution >= 4 is 12.4 Å². The second kappa shape index (κ2) is 6.87. The van der Waals surface area contributed by atoms with Crippen LogP contribution >= 0.6 is 12.4 Å². The van der Waals surface area contributed by atoms with Gasteiger partial charge in [0.1, 0.15) is 17.2 Å². The quantitative estimate of drug-likeness (QED) is 0.788. The summed E-state index contributed by atoms with van der Waals surface area (Å²) in [4.78, 5) is 0. The Morgan fingerprint density at radius 3 is 1.85 bits per heavy atom. The van der Waals surface area contributed by atoms with E-state index in [0.29, 0.717) is 0 Å². The molecule has 9 heteroatoms. The lowest BCUT2D eigenvalue weighted by atomic mass is 9.99. The first-order valence-corrected chi connectivity index (χ1v) is 5.17. The van der Waals surface area contributed by atoms with E-state index in [-0.39, 0.29) is 35.2 Å². The van der Waals surface area contributed by atoms with Crippen LogP contribution in [-0.2, 0) is 0 Å². The van der Waals surface area contributed by atoms with E-state index in [4.69, 9.17) is 15.2 Å². The zero-order valence-corrected chi connectivity index (χ0v) is 11.5. The first kappa shape index (κ1) is 18.6. The van der Waals surface area contributed by atoms with Gasteiger partial charge in [-0.05, 0) is 0 Å². The van der Waals surface area contributed by atoms with Crippen molar-refractivity contribution in [1.82, 2.24) is 0 Å². The van der Waals surface area contributed by atoms with Crippen molar-refractivity contribution in [1.29, 1.82) is 0 Å². The average molecular weight is 318 g/mol. The van der Waals surface area contributed by atoms with Crippen LogP contribution in [0.4, 0.5) is 13.2 Å². The van der Waals surface area contributed by atoms with Crippen molar-refractivity contribution < 1.29 is 32.9 Å². The Bertz CT molecular complexity index is 431. The lowest BCUT2D eigenvalue weighted by molar-refractivity contribution is -0.210. The van der Waals surface area contributed by atoms with Crippen molar-refractivity contribution in [3.63, 3.8) is 0 Å². The number of aliphatic hydroxyl groups excluding tert-OH is 1. The molecule has 5 nitrogen and oxygen atoms in total. The summed E-state index contributed by atoms with van der Waals surface area (Å²) in [5, 5.41) is 18.6. The number of phenolic OH excluding ortho intramolecular Hbond substituents is 1. The van der Waals surface area contributed by atoms with Crippen LogP contribution in [0.25, 0.3) is 0 Å². The molecule has 0 saturated heterocycles. The minimum absolute atomic E-state index is 0. The molecule has 0 aliphatic carbocycles. The predicted octanol–water partition coefficient (Wildman–Crippen LogP) is 1.75. The molecule has 0 aliphatic rings. The molecule has 0 bridgehead atoms. The van der Waals surface area contributed by atoms with E-state index < -0.39 is 18.3 Å². The number of nitrogens with two attached hydrogens (primary N) is 1. The SMILES string of the molecule is COc1cc(O)cc(OC)c1[C@H](N)[C@H](O)C(F)(F)F.Cl. The number of aliphatic hydroxyl groups is 1. The molecule has 1 aromatic carbocycles. The summed E-state index contributed by atoms with van der Waals surface area (Å²) in [5.41, 5.74) is 5.24. The Morgan fingerprint density at radius 2 is 1.55 bits per heavy atom. The summed E-state index contributed by atoms with van der Waals surface area (Å²) in [6, 6.07) is 0.368. The molecule has 2 atom stereocenters. The number of hydrogen-bond donors (Lipinski definition) is 3. The topological polar surface area (TPSA) is 84.9 Å². The van der Waals surface area contributed by atoms with Crippen LogP contribution in [0.2, 0.25) is 0 Å². The monoisotopic (exact) mass is 317 g/mol. The highest BCUT2D eigenvalue weighted by Crippen LogP contribution is 2.40. The van der Waals surface area contributed by atoms with E-state index in [2.05, 4.69) is 0 Å². The minimum Gasteiger partial charge on any atom is -0.508 e. The highest BCUT2D eigenvalue weighted by Gasteiger charge is 2.44. The van der Waals surface area contributed by atoms with E-state index in [9.17, 15) is 23.4 Å². The van der Waals surface area contributed by atoms with Crippen LogP contribution in [0.5, 0.6) is 17.2 Å². The molecule has 0 heterocycles. The average Bonchev–Trinajstić information content (AvgIpc) is 2.34. The van der Waals surface area contributed by atoms with E-state index >= 15 is 0 Å². The number of phenols is 1. The number of rotatable bonds is 4. The molecule has 0 aromatic heterocycles. The van der Waals surface area contributed by atoms with Gasteiger partial charge in [0.15, 0.2) is 6.10 Å². The van der Waals surface area contributed by atoms with Crippen LogP contribution in [0, 0.1) is 0 Å². The Balaban J connectivity index is 0.00000361. The van der Waals surface area contributed by atoms with Gasteiger partial charge in [-0.3, -0.25) is 0 Å². The van der Waals surface area contributed by atoms with E-state index in [0.717, 1.165) is 12.1 Å². The van der Waals surface area contributed by atoms with Crippen LogP contribution < -0.4 is 15.2 Å². The van der Waals surface area contributed by atoms with Gasteiger partial charge in [0, 0.05) is 12.1 Å². The maximum absolute atomic E-state index is 12.5. The summed E-state index contributed by atoms with van der Waals surface area (Å²) >= 11 is 0. The van der Waals surface area contributed by atoms with Crippen LogP contribution in [0.15, 0.2) is 12.1 Å². The number of aromatic hydroxyl groups is 1. The Hall–Kier alpha value is -1.38. The lowest BCUT2D eigenvalue weighted by Gasteiger charge is -2.24. The van der Waals surface area contributed by atoms with Gasteiger partial charge in [0.05, 0.1) is 25.8 Å². The third-order valence-electron chi connectivity index (χ3n) is 2.54. The molecule has 0 fully saturated rings. The summed E-state index contributed by atoms with van der Waals surface area (Å²) in [5.74, 6) is -0.466. The third-order valence-corrected chi connectivity index (χ3v) is 2.54. The van der Waals surface area contributed by atoms with E-state index in [1.54, 1.807) is 0 Å². The highest BCUT2D eigenvalue weighted by molar-refractivity contribution is 5.85. The van der Waals surface area contributed by atoms with Gasteiger partial charge in [-0.15, -0.1) is 12.4 Å². The number of benzene rings is 1. The van der Waals surface area contributed by atoms with Crippen molar-refractivity contribution in [2.24, 2.45) is 5.73 Å². The largest absolute Gasteiger partial charge is 0.508 e. The molecule has 116 valence electrons. The normalized spacial score (nSPS) is 14.2. The summed E-state index contributed by atoms with van der Waals surface area (Å²) in [6.45, 7) is 0. The standard InChI is InChI=1S/C11H14F3NO4.ClH/c1-18-6-3-5(16)4-7(19-2)8(6)9(15)10(17)11(12,13)14;/h3-4,9-10,16-17H,15H2,1-2H3;1H/t9-,10-;/m0./s1. The molecule has 0 spiro atoms. The minimum atomic E-state index is -4.88. The van der Waals surface area contributed by atoms with Crippen LogP contribution in [0.3, 0.4) is 0 Å². The summed E-state index contributed by atoms with van der Waals surface area (Å²) in [7, 11) is 2.40. The molecule has 1 rings (SSSR count). The fraction of sp³-hybridized carbons (Fsp3) is 0.455. The molecular weight excluding hydrogens is 303 g/mol. The Morgan fingerprint density at radius 1 is 1.15 bits per heavy atom. The van der Waals surface area contributed by atoms with Crippen molar-refractivity contribution in [2.75, 3.05) is 14.2 Å². The van der Waals surface area contributed by atoms with Gasteiger partial charge < -0.3 is 25.4 Å². The molecule has 20 heavy (non-hydrogen) atoms. The van der Waals surface area contributed by atoms with Gasteiger partial charge >= 0.3 is 6.18 Å². The van der Waals surface area contributed by atoms with Crippen molar-refractivity contribution in [3.05, 3.63) is 17.7 Å². The summed E-state index contributed by atoms with van der Waals surface area (Å²) in [6.07, 6.45) is -7.66. The predicted molar refractivity (Wildman–Crippen MR) is 67.4 cm³/mol. The van der Waals surface area contributed by atoms with Gasteiger partial charge in [-0.2, -0.15) is 13.2 Å². The van der Waals surface area contributed by atoms with Crippen LogP contribution in [0.1, 0.15) is 11.6 Å². The molecular formula is C11H15ClF3NO4. The Kier molecular flexibility index (Phi) is 6.39. The second-order valence-corrected chi connectivity index (χ2v) is 3.78. The number of hydrogen-bond acceptors (Lipinski definition) is 5. The molecule has 1 aromatic rings. The molecule has 0 amide bonds. The molecule has 0 unspecified atom stereocenters. The zero-order valence-electron chi connectivity index (χ0n) is 10.6. The highest BCUT2D eigenvalue weighted by atomic mass is 35.5. The smallest absolute Gasteiger partial charge is 0.416 e. The van der Waals surface area contributed by atoms with E-state index in [1.165, 1.54) is 14.2 Å². The van der Waals surface area contributed by atoms with E-state index in [1.807, 2.05) is 0 Å². The summed E-state index contributed by atoms with van der Waals surface area (Å²) < 4.78 is 47.1. The maximum Gasteiger partial charge on any atom is 0.416 e. The van der Waals surface area contributed by atoms with Crippen molar-refractivity contribution in [3.8, 4) is 17.2 Å². The fourth-order valence-corrected chi connectivity index (χ4v) is 1.61. The first-order chi connectivity index (χ1) is 8.72. The third kappa shape index (κ3) is 3.81. The van der Waals surface area contributed by atoms with Gasteiger partial charge in [-0.1, -0.05) is 0 Å².